The number of thiazole rings is 1. The lowest BCUT2D eigenvalue weighted by Gasteiger charge is -2.00. The molecule has 0 amide bonds. The van der Waals surface area contributed by atoms with Crippen molar-refractivity contribution < 1.29 is 4.39 Å². The summed E-state index contributed by atoms with van der Waals surface area (Å²) in [6, 6.07) is 9.34. The molecule has 0 aliphatic rings. The van der Waals surface area contributed by atoms with E-state index in [9.17, 15) is 14.0 Å². The van der Waals surface area contributed by atoms with Crippen molar-refractivity contribution in [1.82, 2.24) is 19.6 Å². The van der Waals surface area contributed by atoms with Gasteiger partial charge in [0.05, 0.1) is 4.53 Å². The fourth-order valence-corrected chi connectivity index (χ4v) is 3.36. The maximum Gasteiger partial charge on any atom is 0.296 e. The van der Waals surface area contributed by atoms with Crippen molar-refractivity contribution in [1.29, 1.82) is 0 Å². The number of rotatable bonds is 3. The highest BCUT2D eigenvalue weighted by Crippen LogP contribution is 2.07. The second-order valence-electron chi connectivity index (χ2n) is 5.56. The lowest BCUT2D eigenvalue weighted by molar-refractivity contribution is 0.627. The van der Waals surface area contributed by atoms with Crippen molar-refractivity contribution in [3.63, 3.8) is 0 Å². The number of pyridine rings is 1. The molecule has 0 atom stereocenters. The van der Waals surface area contributed by atoms with Gasteiger partial charge in [0, 0.05) is 18.8 Å². The minimum atomic E-state index is -0.497. The number of fused-ring (bicyclic) bond motifs is 1. The number of halogens is 1. The van der Waals surface area contributed by atoms with Crippen LogP contribution in [0.2, 0.25) is 0 Å². The van der Waals surface area contributed by atoms with Crippen molar-refractivity contribution in [3.05, 3.63) is 96.7 Å². The lowest BCUT2D eigenvalue weighted by Crippen LogP contribution is -2.28. The first-order valence-electron chi connectivity index (χ1n) is 7.69. The van der Waals surface area contributed by atoms with E-state index >= 15 is 0 Å². The summed E-state index contributed by atoms with van der Waals surface area (Å²) in [7, 11) is 0. The molecule has 26 heavy (non-hydrogen) atoms. The summed E-state index contributed by atoms with van der Waals surface area (Å²) in [6.07, 6.45) is 5.13. The van der Waals surface area contributed by atoms with Crippen LogP contribution in [0.1, 0.15) is 16.8 Å². The molecule has 0 aliphatic carbocycles. The van der Waals surface area contributed by atoms with E-state index in [4.69, 9.17) is 0 Å². The highest BCUT2D eigenvalue weighted by molar-refractivity contribution is 7.15. The molecule has 1 aromatic carbocycles. The van der Waals surface area contributed by atoms with Crippen molar-refractivity contribution in [3.8, 4) is 0 Å². The van der Waals surface area contributed by atoms with Crippen LogP contribution in [0, 0.1) is 5.82 Å². The van der Waals surface area contributed by atoms with Crippen LogP contribution in [0.4, 0.5) is 4.39 Å². The van der Waals surface area contributed by atoms with E-state index in [1.54, 1.807) is 36.7 Å². The Labute approximate surface area is 149 Å². The fraction of sp³-hybridized carbons (Fsp3) is 0.0556. The number of hydrogen-bond donors (Lipinski definition) is 0. The molecule has 128 valence electrons. The molecule has 4 rings (SSSR count). The second kappa shape index (κ2) is 6.57. The monoisotopic (exact) mass is 366 g/mol. The van der Waals surface area contributed by atoms with Gasteiger partial charge in [-0.05, 0) is 35.4 Å². The maximum atomic E-state index is 13.0. The van der Waals surface area contributed by atoms with E-state index in [1.807, 2.05) is 6.07 Å². The van der Waals surface area contributed by atoms with E-state index in [-0.39, 0.29) is 28.5 Å². The zero-order valence-corrected chi connectivity index (χ0v) is 14.1. The third-order valence-corrected chi connectivity index (χ3v) is 4.68. The van der Waals surface area contributed by atoms with Gasteiger partial charge in [0.15, 0.2) is 0 Å². The molecule has 3 heterocycles. The molecular weight excluding hydrogens is 355 g/mol. The third-order valence-electron chi connectivity index (χ3n) is 3.72. The first kappa shape index (κ1) is 16.2. The van der Waals surface area contributed by atoms with Gasteiger partial charge in [-0.2, -0.15) is 14.6 Å². The molecule has 3 aromatic heterocycles. The maximum absolute atomic E-state index is 13.0. The average Bonchev–Trinajstić information content (AvgIpc) is 2.93. The van der Waals surface area contributed by atoms with Gasteiger partial charge in [-0.25, -0.2) is 4.39 Å². The van der Waals surface area contributed by atoms with Crippen LogP contribution in [-0.4, -0.2) is 19.6 Å². The Hall–Kier alpha value is -3.26. The molecule has 0 unspecified atom stereocenters. The topological polar surface area (TPSA) is 77.2 Å². The summed E-state index contributed by atoms with van der Waals surface area (Å²) in [6.45, 7) is 0. The molecule has 0 spiro atoms. The van der Waals surface area contributed by atoms with E-state index in [0.717, 1.165) is 21.4 Å². The summed E-state index contributed by atoms with van der Waals surface area (Å²) >= 11 is 1.09. The third kappa shape index (κ3) is 3.14. The van der Waals surface area contributed by atoms with Crippen molar-refractivity contribution in [2.24, 2.45) is 0 Å². The van der Waals surface area contributed by atoms with Gasteiger partial charge >= 0.3 is 0 Å². The normalized spacial score (nSPS) is 12.0. The quantitative estimate of drug-likeness (QED) is 0.544. The highest BCUT2D eigenvalue weighted by Gasteiger charge is 2.11. The van der Waals surface area contributed by atoms with Crippen LogP contribution >= 0.6 is 11.3 Å². The summed E-state index contributed by atoms with van der Waals surface area (Å²) in [4.78, 5) is 33.0. The summed E-state index contributed by atoms with van der Waals surface area (Å²) in [5, 5.41) is 4.16. The average molecular weight is 366 g/mol. The first-order valence-corrected chi connectivity index (χ1v) is 8.51. The molecule has 0 fully saturated rings. The largest absolute Gasteiger partial charge is 0.296 e. The zero-order chi connectivity index (χ0) is 18.1. The Balaban J connectivity index is 1.80. The second-order valence-corrected chi connectivity index (χ2v) is 6.57. The Bertz CT molecular complexity index is 1250. The number of aromatic nitrogens is 4. The Kier molecular flexibility index (Phi) is 4.10. The summed E-state index contributed by atoms with van der Waals surface area (Å²) in [5.74, 6) is -0.359. The van der Waals surface area contributed by atoms with Gasteiger partial charge in [0.1, 0.15) is 11.5 Å². The van der Waals surface area contributed by atoms with E-state index in [1.165, 1.54) is 12.1 Å². The smallest absolute Gasteiger partial charge is 0.266 e. The molecule has 0 radical (unpaired) electrons. The molecular formula is C18H11FN4O2S. The van der Waals surface area contributed by atoms with Crippen LogP contribution in [0.3, 0.4) is 0 Å². The molecule has 0 bridgehead atoms. The lowest BCUT2D eigenvalue weighted by atomic mass is 10.1. The molecule has 0 N–H and O–H groups in total. The van der Waals surface area contributed by atoms with Gasteiger partial charge < -0.3 is 0 Å². The summed E-state index contributed by atoms with van der Waals surface area (Å²) < 4.78 is 14.6. The number of hydrogen-bond acceptors (Lipinski definition) is 6. The standard InChI is InChI=1S/C18H11FN4O2S/c19-13-5-3-11(4-6-13)8-14-16(24)21-18-23(22-14)17(25)15(26-18)9-12-2-1-7-20-10-12/h1-7,9-10H,8H2. The summed E-state index contributed by atoms with van der Waals surface area (Å²) in [5.41, 5.74) is 0.773. The van der Waals surface area contributed by atoms with Gasteiger partial charge in [-0.15, -0.1) is 0 Å². The van der Waals surface area contributed by atoms with Crippen LogP contribution in [-0.2, 0) is 6.42 Å². The van der Waals surface area contributed by atoms with Crippen LogP contribution in [0.5, 0.6) is 0 Å². The molecule has 4 aromatic rings. The first-order chi connectivity index (χ1) is 12.6. The van der Waals surface area contributed by atoms with Crippen LogP contribution in [0.15, 0.2) is 58.4 Å². The highest BCUT2D eigenvalue weighted by atomic mass is 32.1. The van der Waals surface area contributed by atoms with Crippen molar-refractivity contribution >= 4 is 22.4 Å². The predicted octanol–water partition coefficient (Wildman–Crippen LogP) is 1.18. The molecule has 0 saturated carbocycles. The van der Waals surface area contributed by atoms with Gasteiger partial charge in [0.25, 0.3) is 11.1 Å². The van der Waals surface area contributed by atoms with Gasteiger partial charge in [-0.1, -0.05) is 29.5 Å². The fourth-order valence-electron chi connectivity index (χ4n) is 2.46. The molecule has 8 heteroatoms. The SMILES string of the molecule is O=c1nc2sc(=Cc3cccnc3)c(=O)n2nc1Cc1ccc(F)cc1. The van der Waals surface area contributed by atoms with Crippen molar-refractivity contribution in [2.75, 3.05) is 0 Å². The van der Waals surface area contributed by atoms with E-state index in [0.29, 0.717) is 10.1 Å². The minimum Gasteiger partial charge on any atom is -0.266 e. The Morgan fingerprint density at radius 1 is 1.15 bits per heavy atom. The number of benzene rings is 1. The van der Waals surface area contributed by atoms with Crippen LogP contribution in [0.25, 0.3) is 11.0 Å². The molecule has 6 nitrogen and oxygen atoms in total. The van der Waals surface area contributed by atoms with Gasteiger partial charge in [-0.3, -0.25) is 14.6 Å². The number of nitrogens with zero attached hydrogens (tertiary/aromatic N) is 4. The van der Waals surface area contributed by atoms with Crippen LogP contribution < -0.4 is 15.7 Å². The van der Waals surface area contributed by atoms with E-state index in [2.05, 4.69) is 15.1 Å². The zero-order valence-electron chi connectivity index (χ0n) is 13.3. The Morgan fingerprint density at radius 2 is 1.96 bits per heavy atom. The molecule has 0 saturated heterocycles. The molecule has 0 aliphatic heterocycles. The Morgan fingerprint density at radius 3 is 2.69 bits per heavy atom. The predicted molar refractivity (Wildman–Crippen MR) is 95.6 cm³/mol. The van der Waals surface area contributed by atoms with Gasteiger partial charge in [0.2, 0.25) is 4.96 Å². The van der Waals surface area contributed by atoms with E-state index < -0.39 is 5.56 Å². The van der Waals surface area contributed by atoms with Crippen molar-refractivity contribution in [2.45, 2.75) is 6.42 Å². The minimum absolute atomic E-state index is 0.136.